The summed E-state index contributed by atoms with van der Waals surface area (Å²) < 4.78 is 0. The molecule has 4 nitrogen and oxygen atoms in total. The Bertz CT molecular complexity index is 632. The van der Waals surface area contributed by atoms with Crippen molar-refractivity contribution in [2.24, 2.45) is 5.73 Å². The molecule has 0 spiro atoms. The Morgan fingerprint density at radius 3 is 2.08 bits per heavy atom. The minimum Gasteiger partial charge on any atom is -0.371 e. The van der Waals surface area contributed by atoms with Gasteiger partial charge in [-0.2, -0.15) is 0 Å². The lowest BCUT2D eigenvalue weighted by molar-refractivity contribution is 0.576. The Hall–Kier alpha value is -2.04. The molecule has 4 rings (SSSR count). The largest absolute Gasteiger partial charge is 0.371 e. The monoisotopic (exact) mass is 352 g/mol. The van der Waals surface area contributed by atoms with Crippen molar-refractivity contribution < 1.29 is 0 Å². The number of nitrogens with one attached hydrogen (secondary N) is 1. The lowest BCUT2D eigenvalue weighted by Crippen LogP contribution is -2.43. The predicted molar refractivity (Wildman–Crippen MR) is 112 cm³/mol. The van der Waals surface area contributed by atoms with Crippen LogP contribution in [0.2, 0.25) is 0 Å². The summed E-state index contributed by atoms with van der Waals surface area (Å²) >= 11 is 0. The van der Waals surface area contributed by atoms with Crippen LogP contribution in [0.1, 0.15) is 24.8 Å². The van der Waals surface area contributed by atoms with E-state index in [0.717, 1.165) is 26.2 Å². The molecular weight excluding hydrogens is 320 g/mol. The van der Waals surface area contributed by atoms with Crippen molar-refractivity contribution in [2.45, 2.75) is 25.8 Å². The number of nitrogens with zero attached hydrogens (tertiary/aromatic N) is 2. The second-order valence-corrected chi connectivity index (χ2v) is 6.95. The lowest BCUT2D eigenvalue weighted by Gasteiger charge is -2.30. The molecule has 0 radical (unpaired) electrons. The maximum Gasteiger partial charge on any atom is 0.0411 e. The quantitative estimate of drug-likeness (QED) is 0.890. The van der Waals surface area contributed by atoms with Gasteiger partial charge in [-0.25, -0.2) is 0 Å². The number of piperazine rings is 1. The molecule has 0 saturated carbocycles. The van der Waals surface area contributed by atoms with Crippen molar-refractivity contribution in [1.82, 2.24) is 5.32 Å². The zero-order valence-electron chi connectivity index (χ0n) is 15.7. The molecule has 0 unspecified atom stereocenters. The van der Waals surface area contributed by atoms with E-state index in [4.69, 9.17) is 5.73 Å². The molecule has 0 bridgehead atoms. The van der Waals surface area contributed by atoms with E-state index in [-0.39, 0.29) is 0 Å². The fourth-order valence-electron chi connectivity index (χ4n) is 3.69. The Morgan fingerprint density at radius 1 is 0.731 bits per heavy atom. The summed E-state index contributed by atoms with van der Waals surface area (Å²) in [4.78, 5) is 4.88. The summed E-state index contributed by atoms with van der Waals surface area (Å²) in [6.45, 7) is 7.50. The summed E-state index contributed by atoms with van der Waals surface area (Å²) in [5.74, 6) is 0. The van der Waals surface area contributed by atoms with E-state index in [1.807, 2.05) is 0 Å². The number of rotatable bonds is 3. The third-order valence-electron chi connectivity index (χ3n) is 5.15. The van der Waals surface area contributed by atoms with Gasteiger partial charge < -0.3 is 20.9 Å². The highest BCUT2D eigenvalue weighted by Crippen LogP contribution is 2.23. The van der Waals surface area contributed by atoms with Crippen LogP contribution in [0.4, 0.5) is 11.4 Å². The van der Waals surface area contributed by atoms with E-state index in [0.29, 0.717) is 6.54 Å². The maximum atomic E-state index is 5.73. The Morgan fingerprint density at radius 2 is 1.38 bits per heavy atom. The zero-order chi connectivity index (χ0) is 18.0. The van der Waals surface area contributed by atoms with Crippen LogP contribution in [0.3, 0.4) is 0 Å². The molecule has 26 heavy (non-hydrogen) atoms. The SMILES string of the molecule is NCc1ccccc1N1CCCCC1.c1ccc(N2CCNCC2)cc1. The molecule has 2 aromatic rings. The number of benzene rings is 2. The average molecular weight is 353 g/mol. The summed E-state index contributed by atoms with van der Waals surface area (Å²) in [5, 5.41) is 3.34. The number of hydrogen-bond acceptors (Lipinski definition) is 4. The van der Waals surface area contributed by atoms with E-state index >= 15 is 0 Å². The molecule has 2 aliphatic rings. The Labute approximate surface area is 158 Å². The summed E-state index contributed by atoms with van der Waals surface area (Å²) in [7, 11) is 0. The predicted octanol–water partition coefficient (Wildman–Crippen LogP) is 3.23. The highest BCUT2D eigenvalue weighted by Gasteiger charge is 2.12. The van der Waals surface area contributed by atoms with Crippen LogP contribution in [0.25, 0.3) is 0 Å². The van der Waals surface area contributed by atoms with E-state index in [2.05, 4.69) is 69.7 Å². The van der Waals surface area contributed by atoms with E-state index < -0.39 is 0 Å². The molecule has 0 atom stereocenters. The third-order valence-corrected chi connectivity index (χ3v) is 5.15. The van der Waals surface area contributed by atoms with Crippen LogP contribution in [-0.2, 0) is 6.54 Å². The van der Waals surface area contributed by atoms with E-state index in [9.17, 15) is 0 Å². The van der Waals surface area contributed by atoms with Crippen LogP contribution in [0.5, 0.6) is 0 Å². The fraction of sp³-hybridized carbons (Fsp3) is 0.455. The lowest BCUT2D eigenvalue weighted by atomic mass is 10.1. The van der Waals surface area contributed by atoms with Gasteiger partial charge in [0.2, 0.25) is 0 Å². The van der Waals surface area contributed by atoms with Gasteiger partial charge in [0.15, 0.2) is 0 Å². The van der Waals surface area contributed by atoms with Crippen molar-refractivity contribution in [3.8, 4) is 0 Å². The fourth-order valence-corrected chi connectivity index (χ4v) is 3.69. The van der Waals surface area contributed by atoms with Gasteiger partial charge in [0.05, 0.1) is 0 Å². The third kappa shape index (κ3) is 5.23. The van der Waals surface area contributed by atoms with Gasteiger partial charge in [-0.05, 0) is 43.0 Å². The van der Waals surface area contributed by atoms with Gasteiger partial charge in [0, 0.05) is 57.2 Å². The average Bonchev–Trinajstić information content (AvgIpc) is 2.76. The van der Waals surface area contributed by atoms with Crippen LogP contribution in [0, 0.1) is 0 Å². The summed E-state index contributed by atoms with van der Waals surface area (Å²) in [6.07, 6.45) is 4.01. The number of anilines is 2. The highest BCUT2D eigenvalue weighted by molar-refractivity contribution is 5.53. The molecule has 2 heterocycles. The first-order valence-electron chi connectivity index (χ1n) is 9.92. The van der Waals surface area contributed by atoms with Crippen molar-refractivity contribution in [3.05, 3.63) is 60.2 Å². The van der Waals surface area contributed by atoms with Gasteiger partial charge in [0.25, 0.3) is 0 Å². The first-order chi connectivity index (χ1) is 12.9. The highest BCUT2D eigenvalue weighted by atomic mass is 15.2. The minimum absolute atomic E-state index is 0.646. The first kappa shape index (κ1) is 18.7. The van der Waals surface area contributed by atoms with Crippen molar-refractivity contribution in [3.63, 3.8) is 0 Å². The molecule has 2 aliphatic heterocycles. The van der Waals surface area contributed by atoms with Crippen molar-refractivity contribution in [2.75, 3.05) is 49.1 Å². The molecule has 140 valence electrons. The van der Waals surface area contributed by atoms with Crippen LogP contribution in [-0.4, -0.2) is 39.3 Å². The van der Waals surface area contributed by atoms with Crippen molar-refractivity contribution >= 4 is 11.4 Å². The Balaban J connectivity index is 0.000000152. The van der Waals surface area contributed by atoms with Gasteiger partial charge >= 0.3 is 0 Å². The van der Waals surface area contributed by atoms with E-state index in [1.54, 1.807) is 0 Å². The molecule has 2 saturated heterocycles. The molecular formula is C22H32N4. The van der Waals surface area contributed by atoms with Gasteiger partial charge in [0.1, 0.15) is 0 Å². The number of nitrogens with two attached hydrogens (primary N) is 1. The maximum absolute atomic E-state index is 5.73. The minimum atomic E-state index is 0.646. The molecule has 4 heteroatoms. The molecule has 2 aromatic carbocycles. The number of piperidine rings is 1. The van der Waals surface area contributed by atoms with Gasteiger partial charge in [-0.15, -0.1) is 0 Å². The molecule has 0 aromatic heterocycles. The Kier molecular flexibility index (Phi) is 7.35. The van der Waals surface area contributed by atoms with Gasteiger partial charge in [-0.3, -0.25) is 0 Å². The molecule has 0 amide bonds. The second kappa shape index (κ2) is 10.2. The number of hydrogen-bond donors (Lipinski definition) is 2. The topological polar surface area (TPSA) is 44.5 Å². The smallest absolute Gasteiger partial charge is 0.0411 e. The molecule has 3 N–H and O–H groups in total. The summed E-state index contributed by atoms with van der Waals surface area (Å²) in [5.41, 5.74) is 9.69. The summed E-state index contributed by atoms with van der Waals surface area (Å²) in [6, 6.07) is 19.1. The first-order valence-corrected chi connectivity index (χ1v) is 9.92. The second-order valence-electron chi connectivity index (χ2n) is 6.95. The molecule has 2 fully saturated rings. The van der Waals surface area contributed by atoms with Crippen LogP contribution in [0.15, 0.2) is 54.6 Å². The van der Waals surface area contributed by atoms with E-state index in [1.165, 1.54) is 49.3 Å². The van der Waals surface area contributed by atoms with Crippen molar-refractivity contribution in [1.29, 1.82) is 0 Å². The number of para-hydroxylation sites is 2. The zero-order valence-corrected chi connectivity index (χ0v) is 15.7. The van der Waals surface area contributed by atoms with Gasteiger partial charge in [-0.1, -0.05) is 36.4 Å². The standard InChI is InChI=1S/C12H18N2.C10H14N2/c13-10-11-6-2-3-7-12(11)14-8-4-1-5-9-14;1-2-4-10(5-3-1)12-8-6-11-7-9-12/h2-3,6-7H,1,4-5,8-10,13H2;1-5,11H,6-9H2. The van der Waals surface area contributed by atoms with Crippen LogP contribution < -0.4 is 20.9 Å². The van der Waals surface area contributed by atoms with Crippen LogP contribution >= 0.6 is 0 Å². The normalized spacial score (nSPS) is 17.4. The molecule has 0 aliphatic carbocycles.